The maximum absolute atomic E-state index is 12.5. The average Bonchev–Trinajstić information content (AvgIpc) is 3.35. The molecule has 0 unspecified atom stereocenters. The van der Waals surface area contributed by atoms with E-state index in [0.29, 0.717) is 6.42 Å². The Kier molecular flexibility index (Phi) is 5.99. The van der Waals surface area contributed by atoms with Crippen LogP contribution in [-0.2, 0) is 11.3 Å². The number of likely N-dealkylation sites (tertiary alicyclic amines) is 1. The molecule has 0 radical (unpaired) electrons. The molecule has 1 amide bonds. The Morgan fingerprint density at radius 1 is 0.875 bits per heavy atom. The zero-order valence-electron chi connectivity index (χ0n) is 18.2. The number of para-hydroxylation sites is 1. The van der Waals surface area contributed by atoms with Crippen LogP contribution in [0.1, 0.15) is 24.8 Å². The minimum atomic E-state index is 0.0551. The van der Waals surface area contributed by atoms with Crippen molar-refractivity contribution < 1.29 is 4.79 Å². The number of carbonyl (C=O) groups is 1. The predicted molar refractivity (Wildman–Crippen MR) is 132 cm³/mol. The van der Waals surface area contributed by atoms with Gasteiger partial charge < -0.3 is 15.5 Å². The van der Waals surface area contributed by atoms with Gasteiger partial charge in [0.05, 0.1) is 16.7 Å². The number of fused-ring (bicyclic) bond motifs is 2. The van der Waals surface area contributed by atoms with Gasteiger partial charge in [0.2, 0.25) is 5.91 Å². The predicted octanol–water partition coefficient (Wildman–Crippen LogP) is 5.42. The summed E-state index contributed by atoms with van der Waals surface area (Å²) in [7, 11) is 0. The van der Waals surface area contributed by atoms with Crippen LogP contribution in [0.2, 0.25) is 0 Å². The third-order valence-electron chi connectivity index (χ3n) is 6.13. The van der Waals surface area contributed by atoms with E-state index in [2.05, 4.69) is 51.9 Å². The molecule has 2 N–H and O–H groups in total. The van der Waals surface area contributed by atoms with Crippen molar-refractivity contribution in [2.75, 3.05) is 30.3 Å². The number of hydrogen-bond donors (Lipinski definition) is 2. The number of aromatic nitrogens is 1. The zero-order valence-corrected chi connectivity index (χ0v) is 18.2. The van der Waals surface area contributed by atoms with E-state index in [-0.39, 0.29) is 5.91 Å². The first kappa shape index (κ1) is 20.5. The summed E-state index contributed by atoms with van der Waals surface area (Å²) in [4.78, 5) is 19.7. The fraction of sp³-hybridized carbons (Fsp3) is 0.259. The molecule has 5 heteroatoms. The number of nitrogens with one attached hydrogen (secondary N) is 2. The van der Waals surface area contributed by atoms with Crippen molar-refractivity contribution in [3.05, 3.63) is 78.4 Å². The number of anilines is 2. The lowest BCUT2D eigenvalue weighted by molar-refractivity contribution is -0.116. The molecule has 0 aliphatic carbocycles. The van der Waals surface area contributed by atoms with Crippen LogP contribution < -0.4 is 10.6 Å². The normalized spacial score (nSPS) is 14.1. The van der Waals surface area contributed by atoms with Crippen LogP contribution in [0.15, 0.2) is 72.8 Å². The van der Waals surface area contributed by atoms with Gasteiger partial charge in [-0.3, -0.25) is 4.79 Å². The Labute approximate surface area is 188 Å². The van der Waals surface area contributed by atoms with E-state index in [1.807, 2.05) is 36.4 Å². The van der Waals surface area contributed by atoms with Gasteiger partial charge >= 0.3 is 0 Å². The minimum absolute atomic E-state index is 0.0551. The number of carbonyl (C=O) groups excluding carboxylic acids is 1. The van der Waals surface area contributed by atoms with Crippen LogP contribution in [0.25, 0.3) is 21.8 Å². The highest BCUT2D eigenvalue weighted by Crippen LogP contribution is 2.32. The topological polar surface area (TPSA) is 57.3 Å². The highest BCUT2D eigenvalue weighted by molar-refractivity contribution is 6.08. The van der Waals surface area contributed by atoms with E-state index < -0.39 is 0 Å². The summed E-state index contributed by atoms with van der Waals surface area (Å²) < 4.78 is 0. The van der Waals surface area contributed by atoms with Crippen molar-refractivity contribution in [2.24, 2.45) is 0 Å². The molecular weight excluding hydrogens is 396 g/mol. The summed E-state index contributed by atoms with van der Waals surface area (Å²) in [5.41, 5.74) is 4.90. The number of benzene rings is 3. The number of rotatable bonds is 7. The van der Waals surface area contributed by atoms with Gasteiger partial charge in [0, 0.05) is 36.0 Å². The first-order valence-corrected chi connectivity index (χ1v) is 11.4. The highest BCUT2D eigenvalue weighted by Gasteiger charge is 2.14. The summed E-state index contributed by atoms with van der Waals surface area (Å²) in [6.07, 6.45) is 3.01. The molecule has 3 aromatic carbocycles. The third-order valence-corrected chi connectivity index (χ3v) is 6.13. The number of hydrogen-bond acceptors (Lipinski definition) is 4. The molecule has 1 aliphatic rings. The standard InChI is InChI=1S/C27H28N4O/c32-26(14-17-31-15-6-7-16-31)29-21-12-13-23-25(18-21)30-24-11-5-4-10-22(24)27(23)28-19-20-8-2-1-3-9-20/h1-5,8-13,18H,6-7,14-17,19H2,(H,28,30)(H,29,32). The van der Waals surface area contributed by atoms with Gasteiger partial charge in [-0.1, -0.05) is 48.5 Å². The van der Waals surface area contributed by atoms with E-state index in [1.54, 1.807) is 0 Å². The lowest BCUT2D eigenvalue weighted by atomic mass is 10.1. The van der Waals surface area contributed by atoms with Gasteiger partial charge in [0.15, 0.2) is 0 Å². The number of nitrogens with zero attached hydrogens (tertiary/aromatic N) is 2. The summed E-state index contributed by atoms with van der Waals surface area (Å²) in [5.74, 6) is 0.0551. The summed E-state index contributed by atoms with van der Waals surface area (Å²) in [6, 6.07) is 24.6. The van der Waals surface area contributed by atoms with Gasteiger partial charge in [0.25, 0.3) is 0 Å². The molecule has 0 spiro atoms. The Morgan fingerprint density at radius 2 is 1.62 bits per heavy atom. The van der Waals surface area contributed by atoms with Crippen molar-refractivity contribution in [1.82, 2.24) is 9.88 Å². The van der Waals surface area contributed by atoms with Crippen LogP contribution >= 0.6 is 0 Å². The Balaban J connectivity index is 1.40. The summed E-state index contributed by atoms with van der Waals surface area (Å²) in [6.45, 7) is 3.78. The van der Waals surface area contributed by atoms with E-state index in [1.165, 1.54) is 18.4 Å². The van der Waals surface area contributed by atoms with E-state index >= 15 is 0 Å². The highest BCUT2D eigenvalue weighted by atomic mass is 16.1. The SMILES string of the molecule is O=C(CCN1CCCC1)Nc1ccc2c(NCc3ccccc3)c3ccccc3nc2c1. The molecule has 0 bridgehead atoms. The molecule has 1 saturated heterocycles. The summed E-state index contributed by atoms with van der Waals surface area (Å²) >= 11 is 0. The van der Waals surface area contributed by atoms with Crippen molar-refractivity contribution in [3.8, 4) is 0 Å². The van der Waals surface area contributed by atoms with Crippen molar-refractivity contribution >= 4 is 39.1 Å². The lowest BCUT2D eigenvalue weighted by Gasteiger charge is -2.15. The van der Waals surface area contributed by atoms with Gasteiger partial charge in [-0.05, 0) is 55.8 Å². The quantitative estimate of drug-likeness (QED) is 0.389. The van der Waals surface area contributed by atoms with E-state index in [4.69, 9.17) is 4.98 Å². The molecule has 162 valence electrons. The molecule has 2 heterocycles. The third kappa shape index (κ3) is 4.58. The fourth-order valence-electron chi connectivity index (χ4n) is 4.44. The second-order valence-electron chi connectivity index (χ2n) is 8.42. The smallest absolute Gasteiger partial charge is 0.225 e. The monoisotopic (exact) mass is 424 g/mol. The molecule has 4 aromatic rings. The maximum Gasteiger partial charge on any atom is 0.225 e. The fourth-order valence-corrected chi connectivity index (χ4v) is 4.44. The largest absolute Gasteiger partial charge is 0.380 e. The second-order valence-corrected chi connectivity index (χ2v) is 8.42. The van der Waals surface area contributed by atoms with Crippen LogP contribution in [0.5, 0.6) is 0 Å². The Morgan fingerprint density at radius 3 is 2.47 bits per heavy atom. The van der Waals surface area contributed by atoms with Crippen LogP contribution in [0, 0.1) is 0 Å². The summed E-state index contributed by atoms with van der Waals surface area (Å²) in [5, 5.41) is 8.83. The zero-order chi connectivity index (χ0) is 21.8. The lowest BCUT2D eigenvalue weighted by Crippen LogP contribution is -2.25. The number of amides is 1. The van der Waals surface area contributed by atoms with E-state index in [0.717, 1.165) is 59.4 Å². The van der Waals surface area contributed by atoms with Gasteiger partial charge in [-0.2, -0.15) is 0 Å². The van der Waals surface area contributed by atoms with Gasteiger partial charge in [-0.25, -0.2) is 4.98 Å². The molecule has 1 aromatic heterocycles. The van der Waals surface area contributed by atoms with Gasteiger partial charge in [0.1, 0.15) is 0 Å². The van der Waals surface area contributed by atoms with Crippen LogP contribution in [-0.4, -0.2) is 35.4 Å². The molecule has 5 nitrogen and oxygen atoms in total. The first-order chi connectivity index (χ1) is 15.8. The van der Waals surface area contributed by atoms with Crippen molar-refractivity contribution in [1.29, 1.82) is 0 Å². The van der Waals surface area contributed by atoms with Crippen molar-refractivity contribution in [2.45, 2.75) is 25.8 Å². The van der Waals surface area contributed by atoms with Gasteiger partial charge in [-0.15, -0.1) is 0 Å². The van der Waals surface area contributed by atoms with Crippen molar-refractivity contribution in [3.63, 3.8) is 0 Å². The average molecular weight is 425 g/mol. The second kappa shape index (κ2) is 9.37. The number of pyridine rings is 1. The maximum atomic E-state index is 12.5. The molecular formula is C27H28N4O. The molecule has 32 heavy (non-hydrogen) atoms. The minimum Gasteiger partial charge on any atom is -0.380 e. The van der Waals surface area contributed by atoms with E-state index in [9.17, 15) is 4.79 Å². The van der Waals surface area contributed by atoms with Crippen LogP contribution in [0.4, 0.5) is 11.4 Å². The molecule has 0 atom stereocenters. The molecule has 1 aliphatic heterocycles. The Hall–Kier alpha value is -3.44. The Bertz CT molecular complexity index is 1230. The molecule has 1 fully saturated rings. The molecule has 5 rings (SSSR count). The molecule has 0 saturated carbocycles. The first-order valence-electron chi connectivity index (χ1n) is 11.4. The van der Waals surface area contributed by atoms with Crippen LogP contribution in [0.3, 0.4) is 0 Å².